The largest absolute Gasteiger partial charge is 0.272 e. The number of hydrogen-bond donors (Lipinski definition) is 0. The van der Waals surface area contributed by atoms with Gasteiger partial charge in [0.1, 0.15) is 9.54 Å². The average molecular weight is 380 g/mol. The van der Waals surface area contributed by atoms with E-state index < -0.39 is 10.8 Å². The molecule has 0 bridgehead atoms. The van der Waals surface area contributed by atoms with Crippen LogP contribution in [0.3, 0.4) is 0 Å². The van der Waals surface area contributed by atoms with Crippen LogP contribution in [-0.2, 0) is 10.2 Å². The van der Waals surface area contributed by atoms with Gasteiger partial charge in [-0.25, -0.2) is 9.38 Å². The molecule has 18 heavy (non-hydrogen) atoms. The van der Waals surface area contributed by atoms with Gasteiger partial charge in [0.25, 0.3) is 5.91 Å². The van der Waals surface area contributed by atoms with Crippen LogP contribution in [0.1, 0.15) is 42.8 Å². The minimum absolute atomic E-state index is 0.209. The highest BCUT2D eigenvalue weighted by Crippen LogP contribution is 2.37. The Balaban J connectivity index is 2.75. The summed E-state index contributed by atoms with van der Waals surface area (Å²) in [6.07, 6.45) is 0. The van der Waals surface area contributed by atoms with Gasteiger partial charge in [-0.1, -0.05) is 0 Å². The van der Waals surface area contributed by atoms with Crippen LogP contribution >= 0.6 is 34.2 Å². The second kappa shape index (κ2) is 4.56. The molecule has 0 radical (unpaired) electrons. The number of hydrogen-bond acceptors (Lipinski definition) is 1. The average Bonchev–Trinajstić information content (AvgIpc) is 2.25. The summed E-state index contributed by atoms with van der Waals surface area (Å²) < 4.78 is 14.5. The Kier molecular flexibility index (Phi) is 3.53. The fraction of sp³-hybridized carbons (Fsp3) is 0.385. The van der Waals surface area contributed by atoms with Crippen molar-refractivity contribution in [1.82, 2.24) is 0 Å². The van der Waals surface area contributed by atoms with Gasteiger partial charge in [-0.2, -0.15) is 0 Å². The van der Waals surface area contributed by atoms with E-state index in [9.17, 15) is 9.18 Å². The Labute approximate surface area is 124 Å². The van der Waals surface area contributed by atoms with E-state index in [0.29, 0.717) is 14.8 Å². The minimum Gasteiger partial charge on any atom is -0.272 e. The van der Waals surface area contributed by atoms with Crippen molar-refractivity contribution in [2.75, 3.05) is 0 Å². The monoisotopic (exact) mass is 379 g/mol. The Hall–Kier alpha value is -0.490. The molecule has 1 atom stereocenters. The quantitative estimate of drug-likeness (QED) is 0.533. The molecule has 1 aliphatic heterocycles. The molecular weight excluding hydrogens is 368 g/mol. The summed E-state index contributed by atoms with van der Waals surface area (Å²) in [5.41, 5.74) is 1.15. The molecule has 1 aromatic carbocycles. The summed E-state index contributed by atoms with van der Waals surface area (Å²) in [7, 11) is 0. The zero-order valence-corrected chi connectivity index (χ0v) is 13.1. The summed E-state index contributed by atoms with van der Waals surface area (Å²) in [4.78, 5) is 15.9. The molecule has 1 heterocycles. The van der Waals surface area contributed by atoms with E-state index in [2.05, 4.69) is 4.99 Å². The van der Waals surface area contributed by atoms with Crippen molar-refractivity contribution >= 4 is 43.8 Å². The number of carbonyl (C=O) groups excluding carboxylic acids is 1. The van der Waals surface area contributed by atoms with E-state index in [1.807, 2.05) is 22.6 Å². The van der Waals surface area contributed by atoms with E-state index in [1.165, 1.54) is 6.07 Å². The number of nitrogens with zero attached hydrogens (tertiary/aromatic N) is 1. The highest BCUT2D eigenvalue weighted by Gasteiger charge is 2.37. The standard InChI is InChI=1S/C13H12ClFINO/c1-6(14)7-4-9-8(5-10(7)15)11(16)17-12(18)13(9,2)3/h4-6H,1-3H3. The lowest BCUT2D eigenvalue weighted by molar-refractivity contribution is -0.122. The third-order valence-corrected chi connectivity index (χ3v) is 4.25. The van der Waals surface area contributed by atoms with Crippen molar-refractivity contribution in [3.8, 4) is 0 Å². The second-order valence-corrected chi connectivity index (χ2v) is 6.54. The summed E-state index contributed by atoms with van der Waals surface area (Å²) in [6.45, 7) is 5.30. The number of aliphatic imine (C=N–C) groups is 1. The van der Waals surface area contributed by atoms with Crippen LogP contribution in [0.25, 0.3) is 0 Å². The molecule has 1 aliphatic rings. The molecule has 2 nitrogen and oxygen atoms in total. The lowest BCUT2D eigenvalue weighted by Crippen LogP contribution is -2.33. The molecule has 0 fully saturated rings. The van der Waals surface area contributed by atoms with E-state index in [0.717, 1.165) is 5.56 Å². The smallest absolute Gasteiger partial charge is 0.256 e. The number of alkyl halides is 1. The number of carbonyl (C=O) groups is 1. The number of halogens is 3. The first kappa shape index (κ1) is 13.9. The lowest BCUT2D eigenvalue weighted by atomic mass is 9.78. The molecule has 0 aliphatic carbocycles. The fourth-order valence-electron chi connectivity index (χ4n) is 1.99. The van der Waals surface area contributed by atoms with Gasteiger partial charge < -0.3 is 0 Å². The normalized spacial score (nSPS) is 19.2. The Bertz CT molecular complexity index is 566. The van der Waals surface area contributed by atoms with Gasteiger partial charge >= 0.3 is 0 Å². The topological polar surface area (TPSA) is 29.4 Å². The van der Waals surface area contributed by atoms with Gasteiger partial charge in [-0.3, -0.25) is 4.79 Å². The van der Waals surface area contributed by atoms with Crippen molar-refractivity contribution in [2.24, 2.45) is 4.99 Å². The minimum atomic E-state index is -0.738. The predicted molar refractivity (Wildman–Crippen MR) is 79.3 cm³/mol. The maximum Gasteiger partial charge on any atom is 0.256 e. The molecule has 1 unspecified atom stereocenters. The molecule has 2 rings (SSSR count). The molecule has 1 aromatic rings. The van der Waals surface area contributed by atoms with Crippen LogP contribution in [0.4, 0.5) is 4.39 Å². The first-order valence-corrected chi connectivity index (χ1v) is 7.03. The van der Waals surface area contributed by atoms with Crippen molar-refractivity contribution < 1.29 is 9.18 Å². The van der Waals surface area contributed by atoms with Crippen LogP contribution in [0.5, 0.6) is 0 Å². The zero-order chi connectivity index (χ0) is 13.7. The Morgan fingerprint density at radius 2 is 2.06 bits per heavy atom. The number of benzene rings is 1. The first-order valence-electron chi connectivity index (χ1n) is 5.52. The van der Waals surface area contributed by atoms with E-state index in [1.54, 1.807) is 26.8 Å². The van der Waals surface area contributed by atoms with Crippen LogP contribution in [-0.4, -0.2) is 9.63 Å². The molecule has 0 saturated heterocycles. The van der Waals surface area contributed by atoms with Crippen molar-refractivity contribution in [3.05, 3.63) is 34.6 Å². The summed E-state index contributed by atoms with van der Waals surface area (Å²) in [5, 5.41) is -0.433. The van der Waals surface area contributed by atoms with Gasteiger partial charge in [-0.15, -0.1) is 11.6 Å². The van der Waals surface area contributed by atoms with Crippen molar-refractivity contribution in [1.29, 1.82) is 0 Å². The summed E-state index contributed by atoms with van der Waals surface area (Å²) in [6, 6.07) is 3.11. The van der Waals surface area contributed by atoms with Gasteiger partial charge in [0.05, 0.1) is 10.8 Å². The molecule has 0 spiro atoms. The third-order valence-electron chi connectivity index (χ3n) is 3.20. The van der Waals surface area contributed by atoms with Gasteiger partial charge in [0.2, 0.25) is 0 Å². The van der Waals surface area contributed by atoms with E-state index >= 15 is 0 Å². The molecule has 96 valence electrons. The van der Waals surface area contributed by atoms with Crippen molar-refractivity contribution in [3.63, 3.8) is 0 Å². The van der Waals surface area contributed by atoms with E-state index in [-0.39, 0.29) is 11.7 Å². The Morgan fingerprint density at radius 1 is 1.44 bits per heavy atom. The van der Waals surface area contributed by atoms with Crippen LogP contribution < -0.4 is 0 Å². The van der Waals surface area contributed by atoms with Gasteiger partial charge in [0.15, 0.2) is 0 Å². The Morgan fingerprint density at radius 3 is 2.61 bits per heavy atom. The maximum absolute atomic E-state index is 13.9. The highest BCUT2D eigenvalue weighted by atomic mass is 127. The number of fused-ring (bicyclic) bond motifs is 1. The molecule has 1 amide bonds. The van der Waals surface area contributed by atoms with Crippen LogP contribution in [0, 0.1) is 5.82 Å². The van der Waals surface area contributed by atoms with Crippen LogP contribution in [0.2, 0.25) is 0 Å². The van der Waals surface area contributed by atoms with Crippen LogP contribution in [0.15, 0.2) is 17.1 Å². The SMILES string of the molecule is CC(Cl)c1cc2c(cc1F)C(I)=NC(=O)C2(C)C. The third kappa shape index (κ3) is 2.09. The summed E-state index contributed by atoms with van der Waals surface area (Å²) >= 11 is 7.92. The molecular formula is C13H12ClFINO. The van der Waals surface area contributed by atoms with Gasteiger partial charge in [-0.05, 0) is 61.1 Å². The molecule has 0 aromatic heterocycles. The summed E-state index contributed by atoms with van der Waals surface area (Å²) in [5.74, 6) is -0.565. The first-order chi connectivity index (χ1) is 8.25. The lowest BCUT2D eigenvalue weighted by Gasteiger charge is -2.29. The van der Waals surface area contributed by atoms with E-state index in [4.69, 9.17) is 11.6 Å². The number of amides is 1. The fourth-order valence-corrected chi connectivity index (χ4v) is 2.82. The zero-order valence-electron chi connectivity index (χ0n) is 10.2. The highest BCUT2D eigenvalue weighted by molar-refractivity contribution is 14.1. The molecule has 0 N–H and O–H groups in total. The molecule has 0 saturated carbocycles. The second-order valence-electron chi connectivity index (χ2n) is 4.87. The van der Waals surface area contributed by atoms with Gasteiger partial charge in [0, 0.05) is 11.1 Å². The maximum atomic E-state index is 13.9. The van der Waals surface area contributed by atoms with Crippen molar-refractivity contribution in [2.45, 2.75) is 31.6 Å². The predicted octanol–water partition coefficient (Wildman–Crippen LogP) is 4.12. The molecule has 5 heteroatoms. The number of rotatable bonds is 1.